The molecule has 0 spiro atoms. The normalized spacial score (nSPS) is 25.3. The molecule has 1 N–H and O–H groups in total. The Balaban J connectivity index is 1.16. The average molecular weight is 520 g/mol. The van der Waals surface area contributed by atoms with Gasteiger partial charge in [-0.3, -0.25) is 14.5 Å². The number of nitrogens with zero attached hydrogens (tertiary/aromatic N) is 3. The average Bonchev–Trinajstić information content (AvgIpc) is 3.08. The summed E-state index contributed by atoms with van der Waals surface area (Å²) in [5.41, 5.74) is 2.96. The van der Waals surface area contributed by atoms with Crippen molar-refractivity contribution in [1.82, 2.24) is 14.7 Å². The number of ether oxygens (including phenoxy) is 2. The third-order valence-electron chi connectivity index (χ3n) is 8.29. The molecule has 0 aliphatic carbocycles. The Labute approximate surface area is 224 Å². The summed E-state index contributed by atoms with van der Waals surface area (Å²) in [6, 6.07) is 13.8. The number of aliphatic hydroxyl groups excluding tert-OH is 1. The second-order valence-corrected chi connectivity index (χ2v) is 11.8. The van der Waals surface area contributed by atoms with Crippen LogP contribution in [0.1, 0.15) is 58.5 Å². The summed E-state index contributed by atoms with van der Waals surface area (Å²) >= 11 is 0. The van der Waals surface area contributed by atoms with E-state index in [-0.39, 0.29) is 30.4 Å². The molecule has 2 aromatic rings. The number of β-amino-alcohol motifs (C(OH)–C–C–N with tert-alkyl or cyclic N) is 1. The predicted octanol–water partition coefficient (Wildman–Crippen LogP) is 2.72. The fourth-order valence-corrected chi connectivity index (χ4v) is 6.53. The zero-order valence-electron chi connectivity index (χ0n) is 22.3. The molecule has 4 heterocycles. The standard InChI is InChI=1S/C30H37N3O5/c1-30(2)19-32(16-25(34)15-31-12-11-20-5-3-4-6-22(20)14-31)29(36)26-10-7-21(13-27(26)38-30)28(35)33-23-8-9-24(33)18-37-17-23/h3-7,10,13,23-25,34H,8-9,11-12,14-19H2,1-2H3. The highest BCUT2D eigenvalue weighted by Crippen LogP contribution is 2.34. The van der Waals surface area contributed by atoms with Gasteiger partial charge in [0.1, 0.15) is 11.4 Å². The molecule has 4 aliphatic rings. The highest BCUT2D eigenvalue weighted by atomic mass is 16.5. The maximum absolute atomic E-state index is 13.6. The van der Waals surface area contributed by atoms with Crippen LogP contribution in [-0.2, 0) is 17.7 Å². The van der Waals surface area contributed by atoms with Gasteiger partial charge in [-0.05, 0) is 62.4 Å². The van der Waals surface area contributed by atoms with E-state index in [4.69, 9.17) is 9.47 Å². The molecule has 38 heavy (non-hydrogen) atoms. The summed E-state index contributed by atoms with van der Waals surface area (Å²) in [5, 5.41) is 11.0. The first kappa shape index (κ1) is 25.3. The van der Waals surface area contributed by atoms with Gasteiger partial charge in [0, 0.05) is 31.7 Å². The van der Waals surface area contributed by atoms with Crippen molar-refractivity contribution >= 4 is 11.8 Å². The first-order valence-electron chi connectivity index (χ1n) is 13.8. The van der Waals surface area contributed by atoms with Crippen LogP contribution in [0.25, 0.3) is 0 Å². The smallest absolute Gasteiger partial charge is 0.257 e. The number of aliphatic hydroxyl groups is 1. The van der Waals surface area contributed by atoms with E-state index in [1.807, 2.05) is 18.7 Å². The predicted molar refractivity (Wildman–Crippen MR) is 142 cm³/mol. The molecular weight excluding hydrogens is 482 g/mol. The van der Waals surface area contributed by atoms with Gasteiger partial charge in [-0.2, -0.15) is 0 Å². The third kappa shape index (κ3) is 4.93. The fraction of sp³-hybridized carbons (Fsp3) is 0.533. The summed E-state index contributed by atoms with van der Waals surface area (Å²) < 4.78 is 11.9. The maximum atomic E-state index is 13.6. The number of carbonyl (C=O) groups is 2. The van der Waals surface area contributed by atoms with Gasteiger partial charge in [0.15, 0.2) is 0 Å². The van der Waals surface area contributed by atoms with Gasteiger partial charge in [0.25, 0.3) is 11.8 Å². The first-order chi connectivity index (χ1) is 18.3. The fourth-order valence-electron chi connectivity index (χ4n) is 6.53. The van der Waals surface area contributed by atoms with E-state index in [1.165, 1.54) is 11.1 Å². The van der Waals surface area contributed by atoms with Crippen LogP contribution >= 0.6 is 0 Å². The summed E-state index contributed by atoms with van der Waals surface area (Å²) in [7, 11) is 0. The van der Waals surface area contributed by atoms with Crippen LogP contribution in [0.5, 0.6) is 5.75 Å². The molecule has 0 radical (unpaired) electrons. The second kappa shape index (κ2) is 9.98. The van der Waals surface area contributed by atoms with Crippen molar-refractivity contribution in [2.24, 2.45) is 0 Å². The minimum absolute atomic E-state index is 0.0305. The zero-order chi connectivity index (χ0) is 26.4. The second-order valence-electron chi connectivity index (χ2n) is 11.8. The van der Waals surface area contributed by atoms with Crippen molar-refractivity contribution in [3.8, 4) is 5.75 Å². The molecule has 202 valence electrons. The van der Waals surface area contributed by atoms with Gasteiger partial charge < -0.3 is 24.4 Å². The minimum atomic E-state index is -0.681. The molecule has 2 saturated heterocycles. The Bertz CT molecular complexity index is 1210. The highest BCUT2D eigenvalue weighted by Gasteiger charge is 2.41. The molecule has 3 atom stereocenters. The quantitative estimate of drug-likeness (QED) is 0.654. The lowest BCUT2D eigenvalue weighted by Crippen LogP contribution is -2.49. The highest BCUT2D eigenvalue weighted by molar-refractivity contribution is 6.01. The number of rotatable bonds is 5. The number of benzene rings is 2. The first-order valence-corrected chi connectivity index (χ1v) is 13.8. The van der Waals surface area contributed by atoms with Crippen molar-refractivity contribution in [1.29, 1.82) is 0 Å². The Hall–Kier alpha value is -2.94. The largest absolute Gasteiger partial charge is 0.485 e. The van der Waals surface area contributed by atoms with Crippen LogP contribution in [0.3, 0.4) is 0 Å². The summed E-state index contributed by atoms with van der Waals surface area (Å²) in [6.07, 6.45) is 2.21. The number of carbonyl (C=O) groups excluding carboxylic acids is 2. The van der Waals surface area contributed by atoms with E-state index < -0.39 is 11.7 Å². The van der Waals surface area contributed by atoms with Gasteiger partial charge >= 0.3 is 0 Å². The third-order valence-corrected chi connectivity index (χ3v) is 8.29. The Morgan fingerprint density at radius 1 is 1.08 bits per heavy atom. The molecule has 8 heteroatoms. The van der Waals surface area contributed by atoms with Gasteiger partial charge in [-0.25, -0.2) is 0 Å². The Morgan fingerprint density at radius 3 is 2.58 bits per heavy atom. The van der Waals surface area contributed by atoms with Crippen LogP contribution in [0.15, 0.2) is 42.5 Å². The van der Waals surface area contributed by atoms with Crippen molar-refractivity contribution in [3.05, 3.63) is 64.7 Å². The van der Waals surface area contributed by atoms with E-state index in [2.05, 4.69) is 29.2 Å². The number of hydrogen-bond acceptors (Lipinski definition) is 6. The van der Waals surface area contributed by atoms with Gasteiger partial charge in [0.2, 0.25) is 0 Å². The molecule has 2 amide bonds. The Morgan fingerprint density at radius 2 is 1.82 bits per heavy atom. The number of amides is 2. The van der Waals surface area contributed by atoms with Crippen LogP contribution in [0.4, 0.5) is 0 Å². The van der Waals surface area contributed by atoms with Crippen molar-refractivity contribution < 1.29 is 24.2 Å². The van der Waals surface area contributed by atoms with Crippen molar-refractivity contribution in [2.75, 3.05) is 39.4 Å². The van der Waals surface area contributed by atoms with E-state index in [9.17, 15) is 14.7 Å². The van der Waals surface area contributed by atoms with E-state index in [0.717, 1.165) is 32.4 Å². The molecule has 6 rings (SSSR count). The lowest BCUT2D eigenvalue weighted by atomic mass is 9.99. The molecule has 2 aromatic carbocycles. The summed E-state index contributed by atoms with van der Waals surface area (Å²) in [6.45, 7) is 7.80. The molecule has 4 aliphatic heterocycles. The lowest BCUT2D eigenvalue weighted by Gasteiger charge is -2.35. The zero-order valence-corrected chi connectivity index (χ0v) is 22.3. The monoisotopic (exact) mass is 519 g/mol. The van der Waals surface area contributed by atoms with E-state index in [1.54, 1.807) is 23.1 Å². The van der Waals surface area contributed by atoms with Crippen LogP contribution in [-0.4, -0.2) is 94.8 Å². The van der Waals surface area contributed by atoms with Gasteiger partial charge in [-0.15, -0.1) is 0 Å². The number of fused-ring (bicyclic) bond motifs is 4. The van der Waals surface area contributed by atoms with Crippen molar-refractivity contribution in [2.45, 2.75) is 63.4 Å². The minimum Gasteiger partial charge on any atom is -0.485 e. The number of hydrogen-bond donors (Lipinski definition) is 1. The Kier molecular flexibility index (Phi) is 6.66. The van der Waals surface area contributed by atoms with Gasteiger partial charge in [-0.1, -0.05) is 24.3 Å². The molecule has 0 saturated carbocycles. The SMILES string of the molecule is CC1(C)CN(CC(O)CN2CCc3ccccc3C2)C(=O)c2ccc(C(=O)N3C4CCC3COC4)cc2O1. The van der Waals surface area contributed by atoms with Crippen molar-refractivity contribution in [3.63, 3.8) is 0 Å². The molecule has 8 nitrogen and oxygen atoms in total. The summed E-state index contributed by atoms with van der Waals surface area (Å²) in [4.78, 5) is 33.0. The van der Waals surface area contributed by atoms with Crippen LogP contribution in [0, 0.1) is 0 Å². The molecular formula is C30H37N3O5. The summed E-state index contributed by atoms with van der Waals surface area (Å²) in [5.74, 6) is 0.215. The maximum Gasteiger partial charge on any atom is 0.257 e. The van der Waals surface area contributed by atoms with Gasteiger partial charge in [0.05, 0.1) is 43.5 Å². The van der Waals surface area contributed by atoms with Crippen LogP contribution in [0.2, 0.25) is 0 Å². The number of morpholine rings is 1. The molecule has 0 aromatic heterocycles. The van der Waals surface area contributed by atoms with Crippen LogP contribution < -0.4 is 4.74 Å². The molecule has 2 fully saturated rings. The molecule has 2 bridgehead atoms. The van der Waals surface area contributed by atoms with E-state index in [0.29, 0.717) is 43.2 Å². The molecule has 3 unspecified atom stereocenters. The van der Waals surface area contributed by atoms with E-state index >= 15 is 0 Å². The lowest BCUT2D eigenvalue weighted by molar-refractivity contribution is -0.00720. The topological polar surface area (TPSA) is 82.6 Å².